The largest absolute Gasteiger partial charge is 0.379 e. The molecule has 1 saturated heterocycles. The lowest BCUT2D eigenvalue weighted by molar-refractivity contribution is 0.00728. The van der Waals surface area contributed by atoms with Crippen molar-refractivity contribution in [3.8, 4) is 0 Å². The van der Waals surface area contributed by atoms with Crippen LogP contribution in [-0.4, -0.2) is 52.0 Å². The number of morpholine rings is 1. The van der Waals surface area contributed by atoms with E-state index in [0.717, 1.165) is 51.5 Å². The van der Waals surface area contributed by atoms with Crippen molar-refractivity contribution in [2.24, 2.45) is 0 Å². The molecule has 0 amide bonds. The molecule has 2 aromatic rings. The van der Waals surface area contributed by atoms with Gasteiger partial charge in [-0.05, 0) is 25.3 Å². The van der Waals surface area contributed by atoms with Gasteiger partial charge in [0.2, 0.25) is 0 Å². The van der Waals surface area contributed by atoms with Crippen molar-refractivity contribution in [3.63, 3.8) is 0 Å². The van der Waals surface area contributed by atoms with Gasteiger partial charge in [0.05, 0.1) is 25.3 Å². The molecule has 134 valence electrons. The highest BCUT2D eigenvalue weighted by molar-refractivity contribution is 5.21. The van der Waals surface area contributed by atoms with E-state index in [1.807, 2.05) is 4.68 Å². The molecule has 2 aliphatic heterocycles. The zero-order valence-electron chi connectivity index (χ0n) is 14.8. The number of aromatic nitrogens is 3. The second-order valence-corrected chi connectivity index (χ2v) is 7.00. The Labute approximate surface area is 149 Å². The third kappa shape index (κ3) is 3.61. The summed E-state index contributed by atoms with van der Waals surface area (Å²) in [4.78, 5) is 7.04. The molecule has 4 rings (SSSR count). The summed E-state index contributed by atoms with van der Waals surface area (Å²) >= 11 is 0. The van der Waals surface area contributed by atoms with Gasteiger partial charge in [-0.3, -0.25) is 4.90 Å². The molecule has 0 spiro atoms. The second-order valence-electron chi connectivity index (χ2n) is 7.00. The lowest BCUT2D eigenvalue weighted by Gasteiger charge is -2.40. The number of hydrogen-bond donors (Lipinski definition) is 1. The molecule has 25 heavy (non-hydrogen) atoms. The van der Waals surface area contributed by atoms with E-state index >= 15 is 0 Å². The highest BCUT2D eigenvalue weighted by atomic mass is 16.5. The molecule has 0 bridgehead atoms. The minimum absolute atomic E-state index is 0.276. The zero-order valence-corrected chi connectivity index (χ0v) is 14.8. The van der Waals surface area contributed by atoms with E-state index in [-0.39, 0.29) is 6.04 Å². The van der Waals surface area contributed by atoms with Gasteiger partial charge in [0.15, 0.2) is 0 Å². The molecule has 0 aliphatic carbocycles. The Morgan fingerprint density at radius 2 is 1.96 bits per heavy atom. The SMILES string of the molecule is C[C@H](N[C@@H]1CCCn2ncnc21)[C@H](c1ccccc1)N1CCOCC1. The number of benzene rings is 1. The van der Waals surface area contributed by atoms with Crippen LogP contribution in [0.15, 0.2) is 36.7 Å². The van der Waals surface area contributed by atoms with Crippen molar-refractivity contribution in [2.75, 3.05) is 26.3 Å². The van der Waals surface area contributed by atoms with Crippen LogP contribution in [0.3, 0.4) is 0 Å². The fourth-order valence-corrected chi connectivity index (χ4v) is 4.18. The van der Waals surface area contributed by atoms with E-state index in [1.165, 1.54) is 5.56 Å². The standard InChI is InChI=1S/C19H27N5O/c1-15(22-17-8-5-9-24-19(17)20-14-21-24)18(16-6-3-2-4-7-16)23-10-12-25-13-11-23/h2-4,6-7,14-15,17-18,22H,5,8-13H2,1H3/t15-,17+,18+/m0/s1. The van der Waals surface area contributed by atoms with Crippen LogP contribution in [0.2, 0.25) is 0 Å². The van der Waals surface area contributed by atoms with Crippen molar-refractivity contribution in [1.29, 1.82) is 0 Å². The first-order valence-corrected chi connectivity index (χ1v) is 9.33. The molecule has 1 aromatic carbocycles. The number of hydrogen-bond acceptors (Lipinski definition) is 5. The van der Waals surface area contributed by atoms with Crippen molar-refractivity contribution < 1.29 is 4.74 Å². The number of nitrogens with zero attached hydrogens (tertiary/aromatic N) is 4. The number of ether oxygens (including phenoxy) is 1. The van der Waals surface area contributed by atoms with Gasteiger partial charge in [-0.2, -0.15) is 5.10 Å². The van der Waals surface area contributed by atoms with Crippen molar-refractivity contribution in [2.45, 2.75) is 44.4 Å². The maximum atomic E-state index is 5.57. The van der Waals surface area contributed by atoms with Gasteiger partial charge in [0.25, 0.3) is 0 Å². The second kappa shape index (κ2) is 7.64. The Bertz CT molecular complexity index is 667. The zero-order chi connectivity index (χ0) is 17.1. The number of rotatable bonds is 5. The lowest BCUT2D eigenvalue weighted by atomic mass is 9.96. The topological polar surface area (TPSA) is 55.2 Å². The first-order valence-electron chi connectivity index (χ1n) is 9.33. The molecule has 1 aromatic heterocycles. The fourth-order valence-electron chi connectivity index (χ4n) is 4.18. The maximum absolute atomic E-state index is 5.57. The summed E-state index contributed by atoms with van der Waals surface area (Å²) in [5, 5.41) is 8.20. The van der Waals surface area contributed by atoms with Crippen LogP contribution in [0, 0.1) is 0 Å². The van der Waals surface area contributed by atoms with Crippen LogP contribution in [0.25, 0.3) is 0 Å². The van der Waals surface area contributed by atoms with Gasteiger partial charge in [-0.25, -0.2) is 9.67 Å². The Balaban J connectivity index is 1.55. The first kappa shape index (κ1) is 16.7. The van der Waals surface area contributed by atoms with E-state index in [9.17, 15) is 0 Å². The molecule has 0 radical (unpaired) electrons. The summed E-state index contributed by atoms with van der Waals surface area (Å²) < 4.78 is 7.61. The van der Waals surface area contributed by atoms with Gasteiger partial charge in [0.1, 0.15) is 12.2 Å². The number of aryl methyl sites for hydroxylation is 1. The van der Waals surface area contributed by atoms with Gasteiger partial charge in [-0.15, -0.1) is 0 Å². The van der Waals surface area contributed by atoms with Crippen LogP contribution in [0.4, 0.5) is 0 Å². The Hall–Kier alpha value is -1.76. The molecule has 0 saturated carbocycles. The minimum Gasteiger partial charge on any atom is -0.379 e. The van der Waals surface area contributed by atoms with E-state index in [4.69, 9.17) is 4.74 Å². The van der Waals surface area contributed by atoms with Crippen molar-refractivity contribution in [1.82, 2.24) is 25.0 Å². The molecule has 3 heterocycles. The molecule has 0 unspecified atom stereocenters. The molecule has 1 N–H and O–H groups in total. The summed E-state index contributed by atoms with van der Waals surface area (Å²) in [6, 6.07) is 11.8. The number of fused-ring (bicyclic) bond motifs is 1. The summed E-state index contributed by atoms with van der Waals surface area (Å²) in [7, 11) is 0. The normalized spacial score (nSPS) is 23.8. The molecular formula is C19H27N5O. The van der Waals surface area contributed by atoms with Gasteiger partial charge < -0.3 is 10.1 Å². The monoisotopic (exact) mass is 341 g/mol. The van der Waals surface area contributed by atoms with Crippen LogP contribution in [-0.2, 0) is 11.3 Å². The summed E-state index contributed by atoms with van der Waals surface area (Å²) in [5.41, 5.74) is 1.36. The number of nitrogens with one attached hydrogen (secondary N) is 1. The molecular weight excluding hydrogens is 314 g/mol. The van der Waals surface area contributed by atoms with E-state index in [2.05, 4.69) is 57.6 Å². The Kier molecular flexibility index (Phi) is 5.10. The minimum atomic E-state index is 0.276. The Morgan fingerprint density at radius 3 is 2.76 bits per heavy atom. The quantitative estimate of drug-likeness (QED) is 0.903. The smallest absolute Gasteiger partial charge is 0.143 e. The summed E-state index contributed by atoms with van der Waals surface area (Å²) in [6.45, 7) is 6.86. The highest BCUT2D eigenvalue weighted by Gasteiger charge is 2.31. The predicted molar refractivity (Wildman–Crippen MR) is 96.2 cm³/mol. The highest BCUT2D eigenvalue weighted by Crippen LogP contribution is 2.29. The van der Waals surface area contributed by atoms with Crippen molar-refractivity contribution >= 4 is 0 Å². The van der Waals surface area contributed by atoms with E-state index in [1.54, 1.807) is 6.33 Å². The molecule has 3 atom stereocenters. The van der Waals surface area contributed by atoms with Gasteiger partial charge in [0, 0.05) is 25.7 Å². The summed E-state index contributed by atoms with van der Waals surface area (Å²) in [5.74, 6) is 1.08. The first-order chi connectivity index (χ1) is 12.3. The third-order valence-corrected chi connectivity index (χ3v) is 5.34. The van der Waals surface area contributed by atoms with E-state index in [0.29, 0.717) is 12.1 Å². The average molecular weight is 341 g/mol. The maximum Gasteiger partial charge on any atom is 0.143 e. The van der Waals surface area contributed by atoms with Gasteiger partial charge in [-0.1, -0.05) is 30.3 Å². The fraction of sp³-hybridized carbons (Fsp3) is 0.579. The van der Waals surface area contributed by atoms with Crippen LogP contribution < -0.4 is 5.32 Å². The molecule has 6 nitrogen and oxygen atoms in total. The third-order valence-electron chi connectivity index (χ3n) is 5.34. The Morgan fingerprint density at radius 1 is 1.16 bits per heavy atom. The van der Waals surface area contributed by atoms with Crippen molar-refractivity contribution in [3.05, 3.63) is 48.0 Å². The lowest BCUT2D eigenvalue weighted by Crippen LogP contribution is -2.48. The van der Waals surface area contributed by atoms with Crippen LogP contribution in [0.5, 0.6) is 0 Å². The predicted octanol–water partition coefficient (Wildman–Crippen LogP) is 2.16. The molecule has 6 heteroatoms. The van der Waals surface area contributed by atoms with E-state index < -0.39 is 0 Å². The van der Waals surface area contributed by atoms with Gasteiger partial charge >= 0.3 is 0 Å². The molecule has 1 fully saturated rings. The van der Waals surface area contributed by atoms with Crippen LogP contribution in [0.1, 0.15) is 43.2 Å². The van der Waals surface area contributed by atoms with Crippen LogP contribution >= 0.6 is 0 Å². The summed E-state index contributed by atoms with van der Waals surface area (Å²) in [6.07, 6.45) is 3.94. The average Bonchev–Trinajstić information content (AvgIpc) is 3.14. The molecule has 2 aliphatic rings.